The molecule has 2 heterocycles. The van der Waals surface area contributed by atoms with Gasteiger partial charge in [-0.2, -0.15) is 0 Å². The van der Waals surface area contributed by atoms with Crippen molar-refractivity contribution in [3.8, 4) is 0 Å². The predicted molar refractivity (Wildman–Crippen MR) is 90.9 cm³/mol. The highest BCUT2D eigenvalue weighted by Crippen LogP contribution is 2.30. The number of aryl methyl sites for hydroxylation is 1. The number of hydrogen-bond donors (Lipinski definition) is 1. The van der Waals surface area contributed by atoms with Gasteiger partial charge >= 0.3 is 0 Å². The Bertz CT molecular complexity index is 709. The smallest absolute Gasteiger partial charge is 0.292 e. The topological polar surface area (TPSA) is 88.5 Å². The Morgan fingerprint density at radius 2 is 1.83 bits per heavy atom. The number of nitro benzene ring substituents is 1. The van der Waals surface area contributed by atoms with Crippen LogP contribution in [-0.2, 0) is 0 Å². The molecule has 23 heavy (non-hydrogen) atoms. The third kappa shape index (κ3) is 3.18. The van der Waals surface area contributed by atoms with E-state index in [1.165, 1.54) is 0 Å². The van der Waals surface area contributed by atoms with E-state index in [-0.39, 0.29) is 10.6 Å². The number of aromatic nitrogens is 1. The van der Waals surface area contributed by atoms with E-state index >= 15 is 0 Å². The number of hydrogen-bond acceptors (Lipinski definition) is 6. The molecule has 0 saturated carbocycles. The summed E-state index contributed by atoms with van der Waals surface area (Å²) in [6.45, 7) is 4.90. The lowest BCUT2D eigenvalue weighted by Gasteiger charge is -2.37. The lowest BCUT2D eigenvalue weighted by Crippen LogP contribution is -2.46. The van der Waals surface area contributed by atoms with Crippen LogP contribution in [0.15, 0.2) is 36.5 Å². The summed E-state index contributed by atoms with van der Waals surface area (Å²) in [7, 11) is 0. The van der Waals surface area contributed by atoms with Crippen LogP contribution in [0.1, 0.15) is 5.56 Å². The van der Waals surface area contributed by atoms with Gasteiger partial charge in [0.2, 0.25) is 0 Å². The minimum absolute atomic E-state index is 0.174. The van der Waals surface area contributed by atoms with E-state index in [1.807, 2.05) is 25.1 Å². The number of nitrogen functional groups attached to an aromatic ring is 1. The SMILES string of the molecule is Cc1ccc(N2CCN(c3ccc(N)nc3)CC2)c([N+](=O)[O-])c1. The molecule has 0 unspecified atom stereocenters. The van der Waals surface area contributed by atoms with E-state index in [4.69, 9.17) is 5.73 Å². The van der Waals surface area contributed by atoms with Crippen molar-refractivity contribution >= 4 is 22.9 Å². The summed E-state index contributed by atoms with van der Waals surface area (Å²) in [4.78, 5) is 19.4. The maximum absolute atomic E-state index is 11.3. The molecule has 1 aliphatic heterocycles. The lowest BCUT2D eigenvalue weighted by molar-refractivity contribution is -0.384. The van der Waals surface area contributed by atoms with Crippen molar-refractivity contribution in [3.05, 3.63) is 52.2 Å². The van der Waals surface area contributed by atoms with Crippen LogP contribution < -0.4 is 15.5 Å². The third-order valence-electron chi connectivity index (χ3n) is 4.08. The second-order valence-electron chi connectivity index (χ2n) is 5.66. The number of nitrogens with zero attached hydrogens (tertiary/aromatic N) is 4. The molecule has 2 N–H and O–H groups in total. The van der Waals surface area contributed by atoms with Crippen LogP contribution in [0.4, 0.5) is 22.9 Å². The zero-order valence-electron chi connectivity index (χ0n) is 13.0. The Labute approximate surface area is 134 Å². The predicted octanol–water partition coefficient (Wildman–Crippen LogP) is 2.21. The van der Waals surface area contributed by atoms with Crippen molar-refractivity contribution in [2.45, 2.75) is 6.92 Å². The summed E-state index contributed by atoms with van der Waals surface area (Å²) in [6, 6.07) is 9.12. The van der Waals surface area contributed by atoms with E-state index in [2.05, 4.69) is 14.8 Å². The molecule has 1 aromatic heterocycles. The molecule has 0 aliphatic carbocycles. The van der Waals surface area contributed by atoms with Gasteiger partial charge in [0, 0.05) is 32.2 Å². The molecule has 1 aromatic carbocycles. The van der Waals surface area contributed by atoms with Gasteiger partial charge < -0.3 is 15.5 Å². The van der Waals surface area contributed by atoms with Crippen LogP contribution in [-0.4, -0.2) is 36.1 Å². The average Bonchev–Trinajstić information content (AvgIpc) is 2.56. The highest BCUT2D eigenvalue weighted by atomic mass is 16.6. The molecular weight excluding hydrogens is 294 g/mol. The second-order valence-corrected chi connectivity index (χ2v) is 5.66. The van der Waals surface area contributed by atoms with E-state index in [0.29, 0.717) is 11.5 Å². The van der Waals surface area contributed by atoms with Gasteiger partial charge in [-0.05, 0) is 30.7 Å². The van der Waals surface area contributed by atoms with Crippen LogP contribution in [0.3, 0.4) is 0 Å². The Morgan fingerprint density at radius 1 is 1.13 bits per heavy atom. The number of pyridine rings is 1. The normalized spacial score (nSPS) is 14.8. The fourth-order valence-electron chi connectivity index (χ4n) is 2.84. The standard InChI is InChI=1S/C16H19N5O2/c1-12-2-4-14(15(10-12)21(22)23)20-8-6-19(7-9-20)13-3-5-16(17)18-11-13/h2-5,10-11H,6-9H2,1H3,(H2,17,18). The van der Waals surface area contributed by atoms with Gasteiger partial charge in [-0.1, -0.05) is 6.07 Å². The molecule has 7 heteroatoms. The largest absolute Gasteiger partial charge is 0.384 e. The average molecular weight is 313 g/mol. The second kappa shape index (κ2) is 6.12. The number of nitrogens with two attached hydrogens (primary N) is 1. The molecule has 1 aliphatic rings. The monoisotopic (exact) mass is 313 g/mol. The first kappa shape index (κ1) is 15.1. The summed E-state index contributed by atoms with van der Waals surface area (Å²) >= 11 is 0. The van der Waals surface area contributed by atoms with Crippen molar-refractivity contribution < 1.29 is 4.92 Å². The zero-order valence-corrected chi connectivity index (χ0v) is 13.0. The molecule has 2 aromatic rings. The molecule has 0 radical (unpaired) electrons. The number of benzene rings is 1. The number of piperazine rings is 1. The molecule has 0 amide bonds. The fraction of sp³-hybridized carbons (Fsp3) is 0.312. The molecule has 0 bridgehead atoms. The first-order valence-corrected chi connectivity index (χ1v) is 7.51. The van der Waals surface area contributed by atoms with Crippen molar-refractivity contribution in [2.24, 2.45) is 0 Å². The molecule has 0 spiro atoms. The van der Waals surface area contributed by atoms with Gasteiger partial charge in [0.15, 0.2) is 0 Å². The van der Waals surface area contributed by atoms with Crippen LogP contribution in [0, 0.1) is 17.0 Å². The van der Waals surface area contributed by atoms with E-state index in [9.17, 15) is 10.1 Å². The Balaban J connectivity index is 1.74. The summed E-state index contributed by atoms with van der Waals surface area (Å²) in [5, 5.41) is 11.3. The van der Waals surface area contributed by atoms with Gasteiger partial charge in [-0.15, -0.1) is 0 Å². The lowest BCUT2D eigenvalue weighted by atomic mass is 10.1. The molecule has 1 fully saturated rings. The Hall–Kier alpha value is -2.83. The highest BCUT2D eigenvalue weighted by Gasteiger charge is 2.23. The van der Waals surface area contributed by atoms with Crippen LogP contribution >= 0.6 is 0 Å². The maximum Gasteiger partial charge on any atom is 0.292 e. The van der Waals surface area contributed by atoms with Gasteiger partial charge in [-0.3, -0.25) is 10.1 Å². The minimum Gasteiger partial charge on any atom is -0.384 e. The van der Waals surface area contributed by atoms with E-state index in [0.717, 1.165) is 37.4 Å². The molecule has 3 rings (SSSR count). The van der Waals surface area contributed by atoms with Crippen molar-refractivity contribution in [3.63, 3.8) is 0 Å². The van der Waals surface area contributed by atoms with E-state index in [1.54, 1.807) is 18.3 Å². The maximum atomic E-state index is 11.3. The summed E-state index contributed by atoms with van der Waals surface area (Å²) in [6.07, 6.45) is 1.76. The molecule has 0 atom stereocenters. The van der Waals surface area contributed by atoms with Crippen molar-refractivity contribution in [1.82, 2.24) is 4.98 Å². The van der Waals surface area contributed by atoms with Crippen molar-refractivity contribution in [1.29, 1.82) is 0 Å². The van der Waals surface area contributed by atoms with E-state index < -0.39 is 0 Å². The molecule has 7 nitrogen and oxygen atoms in total. The molecular formula is C16H19N5O2. The van der Waals surface area contributed by atoms with Crippen LogP contribution in [0.25, 0.3) is 0 Å². The van der Waals surface area contributed by atoms with Crippen LogP contribution in [0.2, 0.25) is 0 Å². The Kier molecular flexibility index (Phi) is 4.01. The zero-order chi connectivity index (χ0) is 16.4. The number of rotatable bonds is 3. The summed E-state index contributed by atoms with van der Waals surface area (Å²) in [5.74, 6) is 0.502. The number of anilines is 3. The fourth-order valence-corrected chi connectivity index (χ4v) is 2.84. The highest BCUT2D eigenvalue weighted by molar-refractivity contribution is 5.65. The van der Waals surface area contributed by atoms with Gasteiger partial charge in [0.05, 0.1) is 16.8 Å². The molecule has 1 saturated heterocycles. The van der Waals surface area contributed by atoms with Crippen molar-refractivity contribution in [2.75, 3.05) is 41.7 Å². The minimum atomic E-state index is -0.307. The van der Waals surface area contributed by atoms with Gasteiger partial charge in [0.25, 0.3) is 5.69 Å². The first-order chi connectivity index (χ1) is 11.0. The van der Waals surface area contributed by atoms with Gasteiger partial charge in [0.1, 0.15) is 11.5 Å². The number of nitro groups is 1. The molecule has 120 valence electrons. The summed E-state index contributed by atoms with van der Waals surface area (Å²) < 4.78 is 0. The Morgan fingerprint density at radius 3 is 2.43 bits per heavy atom. The third-order valence-corrected chi connectivity index (χ3v) is 4.08. The first-order valence-electron chi connectivity index (χ1n) is 7.51. The van der Waals surface area contributed by atoms with Crippen LogP contribution in [0.5, 0.6) is 0 Å². The summed E-state index contributed by atoms with van der Waals surface area (Å²) in [5.41, 5.74) is 8.39. The van der Waals surface area contributed by atoms with Gasteiger partial charge in [-0.25, -0.2) is 4.98 Å². The quantitative estimate of drug-likeness (QED) is 0.690.